The minimum Gasteiger partial charge on any atom is -0.496 e. The number of halogens is 1. The van der Waals surface area contributed by atoms with Crippen LogP contribution in [-0.4, -0.2) is 55.6 Å². The fourth-order valence-corrected chi connectivity index (χ4v) is 4.32. The lowest BCUT2D eigenvalue weighted by atomic mass is 10.1. The number of ether oxygens (including phenoxy) is 1. The Labute approximate surface area is 191 Å². The third-order valence-electron chi connectivity index (χ3n) is 5.82. The Morgan fingerprint density at radius 2 is 1.90 bits per heavy atom. The van der Waals surface area contributed by atoms with E-state index in [0.29, 0.717) is 11.3 Å². The number of fused-ring (bicyclic) bond motifs is 1. The highest BCUT2D eigenvalue weighted by atomic mass is 79.9. The fraction of sp³-hybridized carbons (Fsp3) is 0.333. The summed E-state index contributed by atoms with van der Waals surface area (Å²) in [6.45, 7) is 9.54. The van der Waals surface area contributed by atoms with Gasteiger partial charge in [-0.05, 0) is 77.4 Å². The van der Waals surface area contributed by atoms with Crippen LogP contribution in [0.5, 0.6) is 5.75 Å². The van der Waals surface area contributed by atoms with Crippen molar-refractivity contribution in [3.05, 3.63) is 58.1 Å². The molecular weight excluding hydrogens is 456 g/mol. The second-order valence-corrected chi connectivity index (χ2v) is 8.61. The smallest absolute Gasteiger partial charge is 0.255 e. The molecule has 1 aromatic heterocycles. The molecule has 6 nitrogen and oxygen atoms in total. The lowest BCUT2D eigenvalue weighted by Gasteiger charge is -2.35. The van der Waals surface area contributed by atoms with Crippen molar-refractivity contribution in [1.29, 1.82) is 0 Å². The molecule has 1 saturated heterocycles. The maximum absolute atomic E-state index is 12.7. The van der Waals surface area contributed by atoms with Crippen LogP contribution in [-0.2, 0) is 0 Å². The van der Waals surface area contributed by atoms with Crippen LogP contribution in [0.2, 0.25) is 0 Å². The van der Waals surface area contributed by atoms with E-state index in [2.05, 4.69) is 51.0 Å². The number of nitrogens with zero attached hydrogens (tertiary/aromatic N) is 3. The van der Waals surface area contributed by atoms with E-state index in [1.165, 1.54) is 0 Å². The number of likely N-dealkylation sites (N-methyl/N-ethyl adjacent to an activating group) is 1. The van der Waals surface area contributed by atoms with Gasteiger partial charge in [0.2, 0.25) is 0 Å². The number of aryl methyl sites for hydroxylation is 1. The number of methoxy groups -OCH3 is 1. The first-order valence-corrected chi connectivity index (χ1v) is 11.3. The molecule has 0 atom stereocenters. The highest BCUT2D eigenvalue weighted by Gasteiger charge is 2.18. The van der Waals surface area contributed by atoms with Gasteiger partial charge in [-0.3, -0.25) is 4.79 Å². The number of aromatic nitrogens is 1. The number of hydrogen-bond acceptors (Lipinski definition) is 5. The number of nitrogens with one attached hydrogen (secondary N) is 1. The molecule has 7 heteroatoms. The molecule has 1 fully saturated rings. The van der Waals surface area contributed by atoms with Crippen LogP contribution < -0.4 is 15.0 Å². The van der Waals surface area contributed by atoms with Gasteiger partial charge in [-0.1, -0.05) is 6.92 Å². The standard InChI is InChI=1S/C24H27BrN4O2/c1-4-28-9-11-29(12-10-28)23-13-16(2)19-15-18(6-8-21(19)27-23)26-24(30)17-5-7-20(25)22(14-17)31-3/h5-8,13-15H,4,9-12H2,1-3H3,(H,26,30). The van der Waals surface area contributed by atoms with Crippen molar-refractivity contribution in [3.63, 3.8) is 0 Å². The van der Waals surface area contributed by atoms with Gasteiger partial charge in [0, 0.05) is 42.8 Å². The van der Waals surface area contributed by atoms with Crippen molar-refractivity contribution in [2.75, 3.05) is 50.1 Å². The van der Waals surface area contributed by atoms with Crippen molar-refractivity contribution in [2.24, 2.45) is 0 Å². The van der Waals surface area contributed by atoms with E-state index >= 15 is 0 Å². The van der Waals surface area contributed by atoms with E-state index in [1.807, 2.05) is 24.3 Å². The first-order valence-electron chi connectivity index (χ1n) is 10.5. The second-order valence-electron chi connectivity index (χ2n) is 7.75. The zero-order valence-electron chi connectivity index (χ0n) is 18.1. The molecule has 1 aliphatic heterocycles. The summed E-state index contributed by atoms with van der Waals surface area (Å²) in [5.41, 5.74) is 3.38. The minimum atomic E-state index is -0.179. The van der Waals surface area contributed by atoms with Crippen LogP contribution >= 0.6 is 15.9 Å². The van der Waals surface area contributed by atoms with Crippen LogP contribution in [0.3, 0.4) is 0 Å². The Bertz CT molecular complexity index is 1110. The molecule has 1 N–H and O–H groups in total. The van der Waals surface area contributed by atoms with Gasteiger partial charge < -0.3 is 19.9 Å². The van der Waals surface area contributed by atoms with Gasteiger partial charge in [-0.2, -0.15) is 0 Å². The highest BCUT2D eigenvalue weighted by Crippen LogP contribution is 2.28. The maximum Gasteiger partial charge on any atom is 0.255 e. The third kappa shape index (κ3) is 4.67. The molecule has 0 aliphatic carbocycles. The molecule has 162 valence electrons. The number of hydrogen-bond donors (Lipinski definition) is 1. The summed E-state index contributed by atoms with van der Waals surface area (Å²) in [6, 6.07) is 13.3. The average molecular weight is 483 g/mol. The zero-order valence-corrected chi connectivity index (χ0v) is 19.7. The molecule has 0 radical (unpaired) electrons. The summed E-state index contributed by atoms with van der Waals surface area (Å²) in [4.78, 5) is 22.4. The summed E-state index contributed by atoms with van der Waals surface area (Å²) in [6.07, 6.45) is 0. The molecule has 31 heavy (non-hydrogen) atoms. The SMILES string of the molecule is CCN1CCN(c2cc(C)c3cc(NC(=O)c4ccc(Br)c(OC)c4)ccc3n2)CC1. The summed E-state index contributed by atoms with van der Waals surface area (Å²) in [7, 11) is 1.58. The van der Waals surface area contributed by atoms with E-state index in [0.717, 1.165) is 65.2 Å². The highest BCUT2D eigenvalue weighted by molar-refractivity contribution is 9.10. The Hall–Kier alpha value is -2.64. The van der Waals surface area contributed by atoms with E-state index < -0.39 is 0 Å². The van der Waals surface area contributed by atoms with Crippen LogP contribution in [0.25, 0.3) is 10.9 Å². The molecule has 0 bridgehead atoms. The molecule has 3 aromatic rings. The molecular formula is C24H27BrN4O2. The number of carbonyl (C=O) groups excluding carboxylic acids is 1. The number of rotatable bonds is 5. The van der Waals surface area contributed by atoms with Crippen LogP contribution in [0.1, 0.15) is 22.8 Å². The van der Waals surface area contributed by atoms with E-state index in [1.54, 1.807) is 19.2 Å². The van der Waals surface area contributed by atoms with E-state index in [9.17, 15) is 4.79 Å². The van der Waals surface area contributed by atoms with Crippen molar-refractivity contribution in [2.45, 2.75) is 13.8 Å². The number of benzene rings is 2. The van der Waals surface area contributed by atoms with Crippen molar-refractivity contribution in [3.8, 4) is 5.75 Å². The Morgan fingerprint density at radius 3 is 2.61 bits per heavy atom. The average Bonchev–Trinajstić information content (AvgIpc) is 2.79. The van der Waals surface area contributed by atoms with Gasteiger partial charge in [-0.15, -0.1) is 0 Å². The van der Waals surface area contributed by atoms with E-state index in [-0.39, 0.29) is 5.91 Å². The first kappa shape index (κ1) is 21.6. The largest absolute Gasteiger partial charge is 0.496 e. The molecule has 0 saturated carbocycles. The van der Waals surface area contributed by atoms with Crippen molar-refractivity contribution >= 4 is 44.2 Å². The van der Waals surface area contributed by atoms with Crippen molar-refractivity contribution in [1.82, 2.24) is 9.88 Å². The summed E-state index contributed by atoms with van der Waals surface area (Å²) >= 11 is 3.41. The molecule has 2 aromatic carbocycles. The summed E-state index contributed by atoms with van der Waals surface area (Å²) < 4.78 is 6.10. The summed E-state index contributed by atoms with van der Waals surface area (Å²) in [5, 5.41) is 4.03. The summed E-state index contributed by atoms with van der Waals surface area (Å²) in [5.74, 6) is 1.47. The maximum atomic E-state index is 12.7. The Balaban J connectivity index is 1.54. The van der Waals surface area contributed by atoms with Crippen molar-refractivity contribution < 1.29 is 9.53 Å². The normalized spacial score (nSPS) is 14.6. The number of carbonyl (C=O) groups is 1. The van der Waals surface area contributed by atoms with Gasteiger partial charge in [0.1, 0.15) is 11.6 Å². The molecule has 0 spiro atoms. The van der Waals surface area contributed by atoms with Crippen LogP contribution in [0.4, 0.5) is 11.5 Å². The fourth-order valence-electron chi connectivity index (χ4n) is 3.91. The van der Waals surface area contributed by atoms with Crippen LogP contribution in [0.15, 0.2) is 46.9 Å². The zero-order chi connectivity index (χ0) is 22.0. The number of amides is 1. The molecule has 2 heterocycles. The predicted molar refractivity (Wildman–Crippen MR) is 129 cm³/mol. The van der Waals surface area contributed by atoms with Crippen LogP contribution in [0, 0.1) is 6.92 Å². The Kier molecular flexibility index (Phi) is 6.43. The molecule has 1 amide bonds. The molecule has 1 aliphatic rings. The topological polar surface area (TPSA) is 57.7 Å². The lowest BCUT2D eigenvalue weighted by Crippen LogP contribution is -2.46. The third-order valence-corrected chi connectivity index (χ3v) is 6.47. The first-order chi connectivity index (χ1) is 15.0. The van der Waals surface area contributed by atoms with Gasteiger partial charge in [0.15, 0.2) is 0 Å². The number of pyridine rings is 1. The van der Waals surface area contributed by atoms with Gasteiger partial charge >= 0.3 is 0 Å². The van der Waals surface area contributed by atoms with Gasteiger partial charge in [0.25, 0.3) is 5.91 Å². The number of anilines is 2. The lowest BCUT2D eigenvalue weighted by molar-refractivity contribution is 0.102. The predicted octanol–water partition coefficient (Wildman–Crippen LogP) is 4.71. The molecule has 0 unspecified atom stereocenters. The quantitative estimate of drug-likeness (QED) is 0.570. The van der Waals surface area contributed by atoms with Gasteiger partial charge in [-0.25, -0.2) is 4.98 Å². The monoisotopic (exact) mass is 482 g/mol. The van der Waals surface area contributed by atoms with Gasteiger partial charge in [0.05, 0.1) is 17.1 Å². The number of piperazine rings is 1. The Morgan fingerprint density at radius 1 is 1.13 bits per heavy atom. The minimum absolute atomic E-state index is 0.179. The van der Waals surface area contributed by atoms with E-state index in [4.69, 9.17) is 9.72 Å². The second kappa shape index (κ2) is 9.24. The molecule has 4 rings (SSSR count).